The summed E-state index contributed by atoms with van der Waals surface area (Å²) >= 11 is 0. The second kappa shape index (κ2) is 5.85. The second-order valence-electron chi connectivity index (χ2n) is 3.92. The Labute approximate surface area is 116 Å². The normalized spacial score (nSPS) is 13.8. The molecule has 11 heteroatoms. The van der Waals surface area contributed by atoms with Crippen LogP contribution in [0.25, 0.3) is 0 Å². The van der Waals surface area contributed by atoms with Crippen LogP contribution in [0.3, 0.4) is 0 Å². The van der Waals surface area contributed by atoms with Crippen LogP contribution in [0, 0.1) is 5.82 Å². The maximum atomic E-state index is 12.9. The molecule has 0 aliphatic carbocycles. The van der Waals surface area contributed by atoms with Crippen molar-refractivity contribution < 1.29 is 40.1 Å². The van der Waals surface area contributed by atoms with Crippen LogP contribution in [-0.2, 0) is 14.9 Å². The van der Waals surface area contributed by atoms with Crippen LogP contribution < -0.4 is 5.73 Å². The number of benzene rings is 1. The molecule has 0 fully saturated rings. The Morgan fingerprint density at radius 2 is 1.95 bits per heavy atom. The van der Waals surface area contributed by atoms with Crippen LogP contribution in [0.5, 0.6) is 0 Å². The molecule has 21 heavy (non-hydrogen) atoms. The molecule has 0 aliphatic heterocycles. The van der Waals surface area contributed by atoms with Crippen LogP contribution in [0.4, 0.5) is 23.2 Å². The van der Waals surface area contributed by atoms with Gasteiger partial charge in [0.25, 0.3) is 10.1 Å². The van der Waals surface area contributed by atoms with E-state index in [4.69, 9.17) is 10.3 Å². The molecule has 0 radical (unpaired) electrons. The zero-order valence-electron chi connectivity index (χ0n) is 10.1. The van der Waals surface area contributed by atoms with E-state index < -0.39 is 51.2 Å². The van der Waals surface area contributed by atoms with Gasteiger partial charge < -0.3 is 10.5 Å². The Morgan fingerprint density at radius 1 is 1.38 bits per heavy atom. The number of hydrogen-bond donors (Lipinski definition) is 2. The molecule has 0 saturated carbocycles. The van der Waals surface area contributed by atoms with Gasteiger partial charge in [-0.15, -0.1) is 0 Å². The van der Waals surface area contributed by atoms with Crippen LogP contribution in [-0.4, -0.2) is 37.0 Å². The number of ether oxygens (including phenoxy) is 1. The molecular weight excluding hydrogens is 322 g/mol. The van der Waals surface area contributed by atoms with E-state index in [9.17, 15) is 30.8 Å². The summed E-state index contributed by atoms with van der Waals surface area (Å²) in [6.45, 7) is 0. The molecule has 0 aliphatic rings. The number of carbonyl (C=O) groups excluding carboxylic acids is 1. The van der Waals surface area contributed by atoms with Crippen molar-refractivity contribution in [2.24, 2.45) is 0 Å². The quantitative estimate of drug-likeness (QED) is 0.374. The Kier molecular flexibility index (Phi) is 4.79. The van der Waals surface area contributed by atoms with Crippen molar-refractivity contribution in [3.63, 3.8) is 0 Å². The molecule has 1 aromatic rings. The average molecular weight is 331 g/mol. The SMILES string of the molecule is Nc1cc(C(=O)OC(CS(=O)(=O)O)C(F)(F)F)ccc1F. The number of carbonyl (C=O) groups is 1. The fraction of sp³-hybridized carbons (Fsp3) is 0.300. The van der Waals surface area contributed by atoms with E-state index in [1.807, 2.05) is 0 Å². The van der Waals surface area contributed by atoms with Crippen molar-refractivity contribution >= 4 is 21.8 Å². The Hall–Kier alpha value is -1.88. The fourth-order valence-electron chi connectivity index (χ4n) is 1.25. The molecule has 0 heterocycles. The van der Waals surface area contributed by atoms with Crippen LogP contribution in [0.2, 0.25) is 0 Å². The minimum absolute atomic E-state index is 0.497. The highest BCUT2D eigenvalue weighted by atomic mass is 32.2. The van der Waals surface area contributed by atoms with E-state index >= 15 is 0 Å². The number of esters is 1. The highest BCUT2D eigenvalue weighted by Crippen LogP contribution is 2.25. The lowest BCUT2D eigenvalue weighted by Crippen LogP contribution is -2.39. The molecule has 1 unspecified atom stereocenters. The number of rotatable bonds is 4. The zero-order valence-corrected chi connectivity index (χ0v) is 10.9. The number of nitrogen functional groups attached to an aromatic ring is 1. The topological polar surface area (TPSA) is 107 Å². The number of hydrogen-bond acceptors (Lipinski definition) is 5. The summed E-state index contributed by atoms with van der Waals surface area (Å²) < 4.78 is 83.9. The zero-order chi connectivity index (χ0) is 16.4. The van der Waals surface area contributed by atoms with Crippen molar-refractivity contribution in [2.45, 2.75) is 12.3 Å². The van der Waals surface area contributed by atoms with Crippen LogP contribution in [0.1, 0.15) is 10.4 Å². The molecule has 6 nitrogen and oxygen atoms in total. The first-order valence-electron chi connectivity index (χ1n) is 5.18. The fourth-order valence-corrected chi connectivity index (χ4v) is 1.89. The van der Waals surface area contributed by atoms with Crippen LogP contribution in [0.15, 0.2) is 18.2 Å². The van der Waals surface area contributed by atoms with Gasteiger partial charge in [-0.05, 0) is 18.2 Å². The molecule has 1 rings (SSSR count). The number of nitrogens with two attached hydrogens (primary N) is 1. The molecule has 0 aromatic heterocycles. The lowest BCUT2D eigenvalue weighted by atomic mass is 10.2. The van der Waals surface area contributed by atoms with Gasteiger partial charge in [-0.1, -0.05) is 0 Å². The molecule has 0 spiro atoms. The maximum Gasteiger partial charge on any atom is 0.426 e. The monoisotopic (exact) mass is 331 g/mol. The van der Waals surface area contributed by atoms with Gasteiger partial charge in [-0.3, -0.25) is 4.55 Å². The van der Waals surface area contributed by atoms with E-state index in [1.165, 1.54) is 0 Å². The molecule has 0 saturated heterocycles. The molecule has 3 N–H and O–H groups in total. The lowest BCUT2D eigenvalue weighted by molar-refractivity contribution is -0.197. The highest BCUT2D eigenvalue weighted by molar-refractivity contribution is 7.85. The first kappa shape index (κ1) is 17.2. The summed E-state index contributed by atoms with van der Waals surface area (Å²) in [6, 6.07) is 2.28. The van der Waals surface area contributed by atoms with Gasteiger partial charge in [0.15, 0.2) is 0 Å². The summed E-state index contributed by atoms with van der Waals surface area (Å²) in [5.74, 6) is -4.30. The molecule has 118 valence electrons. The van der Waals surface area contributed by atoms with Crippen molar-refractivity contribution in [1.82, 2.24) is 0 Å². The highest BCUT2D eigenvalue weighted by Gasteiger charge is 2.45. The van der Waals surface area contributed by atoms with E-state index in [0.29, 0.717) is 0 Å². The Bertz CT molecular complexity index is 643. The second-order valence-corrected chi connectivity index (χ2v) is 5.42. The van der Waals surface area contributed by atoms with Crippen LogP contribution >= 0.6 is 0 Å². The van der Waals surface area contributed by atoms with Gasteiger partial charge in [0.1, 0.15) is 11.6 Å². The number of halogens is 4. The summed E-state index contributed by atoms with van der Waals surface area (Å²) in [4.78, 5) is 11.5. The van der Waals surface area contributed by atoms with Gasteiger partial charge >= 0.3 is 12.1 Å². The lowest BCUT2D eigenvalue weighted by Gasteiger charge is -2.19. The smallest absolute Gasteiger partial charge is 0.426 e. The predicted octanol–water partition coefficient (Wildman–Crippen LogP) is 1.38. The van der Waals surface area contributed by atoms with Gasteiger partial charge in [0, 0.05) is 0 Å². The van der Waals surface area contributed by atoms with Crippen molar-refractivity contribution in [3.8, 4) is 0 Å². The van der Waals surface area contributed by atoms with Crippen molar-refractivity contribution in [3.05, 3.63) is 29.6 Å². The van der Waals surface area contributed by atoms with E-state index in [0.717, 1.165) is 18.2 Å². The third kappa shape index (κ3) is 5.19. The Balaban J connectivity index is 2.98. The standard InChI is InChI=1S/C10H9F4NO5S/c11-6-2-1-5(3-7(6)15)9(16)20-8(10(12,13)14)4-21(17,18)19/h1-3,8H,4,15H2,(H,17,18,19). The first-order chi connectivity index (χ1) is 9.40. The molecule has 0 amide bonds. The first-order valence-corrected chi connectivity index (χ1v) is 6.79. The van der Waals surface area contributed by atoms with E-state index in [2.05, 4.69) is 4.74 Å². The molecular formula is C10H9F4NO5S. The molecule has 1 atom stereocenters. The molecule has 1 aromatic carbocycles. The van der Waals surface area contributed by atoms with Gasteiger partial charge in [-0.2, -0.15) is 21.6 Å². The van der Waals surface area contributed by atoms with E-state index in [-0.39, 0.29) is 0 Å². The van der Waals surface area contributed by atoms with Crippen molar-refractivity contribution in [2.75, 3.05) is 11.5 Å². The third-order valence-corrected chi connectivity index (χ3v) is 2.93. The number of alkyl halides is 3. The van der Waals surface area contributed by atoms with Gasteiger partial charge in [0.2, 0.25) is 6.10 Å². The van der Waals surface area contributed by atoms with Crippen molar-refractivity contribution in [1.29, 1.82) is 0 Å². The van der Waals surface area contributed by atoms with Gasteiger partial charge in [-0.25, -0.2) is 9.18 Å². The minimum Gasteiger partial charge on any atom is -0.448 e. The predicted molar refractivity (Wildman–Crippen MR) is 62.5 cm³/mol. The third-order valence-electron chi connectivity index (χ3n) is 2.21. The summed E-state index contributed by atoms with van der Waals surface area (Å²) in [5.41, 5.74) is 4.14. The van der Waals surface area contributed by atoms with E-state index in [1.54, 1.807) is 0 Å². The maximum absolute atomic E-state index is 12.9. The summed E-state index contributed by atoms with van der Waals surface area (Å²) in [6.07, 6.45) is -8.27. The summed E-state index contributed by atoms with van der Waals surface area (Å²) in [5, 5.41) is 0. The van der Waals surface area contributed by atoms with Gasteiger partial charge in [0.05, 0.1) is 11.3 Å². The molecule has 0 bridgehead atoms. The largest absolute Gasteiger partial charge is 0.448 e. The summed E-state index contributed by atoms with van der Waals surface area (Å²) in [7, 11) is -5.03. The minimum atomic E-state index is -5.21. The number of anilines is 1. The average Bonchev–Trinajstić information content (AvgIpc) is 2.28. The Morgan fingerprint density at radius 3 is 2.38 bits per heavy atom.